The summed E-state index contributed by atoms with van der Waals surface area (Å²) < 4.78 is 0.960. The van der Waals surface area contributed by atoms with Crippen molar-refractivity contribution in [1.29, 1.82) is 0 Å². The van der Waals surface area contributed by atoms with Gasteiger partial charge in [0, 0.05) is 4.88 Å². The normalized spacial score (nSPS) is 16.6. The Morgan fingerprint density at radius 1 is 1.28 bits per heavy atom. The summed E-state index contributed by atoms with van der Waals surface area (Å²) in [7, 11) is 0. The summed E-state index contributed by atoms with van der Waals surface area (Å²) in [6.07, 6.45) is 2.86. The molecule has 0 bridgehead atoms. The number of aryl methyl sites for hydroxylation is 1. The molecule has 2 heterocycles. The van der Waals surface area contributed by atoms with Gasteiger partial charge in [0.15, 0.2) is 5.01 Å². The van der Waals surface area contributed by atoms with E-state index >= 15 is 0 Å². The largest absolute Gasteiger partial charge is 0.365 e. The van der Waals surface area contributed by atoms with Crippen molar-refractivity contribution < 1.29 is 9.59 Å². The molecule has 1 aliphatic carbocycles. The molecule has 3 N–H and O–H groups in total. The number of carbonyl (C=O) groups excluding carboxylic acids is 2. The summed E-state index contributed by atoms with van der Waals surface area (Å²) in [6, 6.07) is 7.62. The Hall–Kier alpha value is -2.25. The lowest BCUT2D eigenvalue weighted by atomic mass is 9.87. The monoisotopic (exact) mass is 371 g/mol. The number of thiazole rings is 1. The lowest BCUT2D eigenvalue weighted by Crippen LogP contribution is -2.19. The van der Waals surface area contributed by atoms with Crippen LogP contribution in [-0.4, -0.2) is 16.8 Å². The molecule has 7 heteroatoms. The lowest BCUT2D eigenvalue weighted by molar-refractivity contribution is 0.1000. The summed E-state index contributed by atoms with van der Waals surface area (Å²) in [5.74, 6) is -0.255. The van der Waals surface area contributed by atoms with E-state index in [1.165, 1.54) is 22.7 Å². The van der Waals surface area contributed by atoms with Crippen molar-refractivity contribution in [2.24, 2.45) is 11.7 Å². The molecule has 0 saturated heterocycles. The number of hydrogen-bond donors (Lipinski definition) is 2. The molecule has 128 valence electrons. The first-order valence-corrected chi connectivity index (χ1v) is 9.77. The van der Waals surface area contributed by atoms with Crippen LogP contribution in [0.1, 0.15) is 43.9 Å². The third-order valence-corrected chi connectivity index (χ3v) is 6.71. The molecule has 2 aromatic heterocycles. The average Bonchev–Trinajstić information content (AvgIpc) is 3.15. The number of fused-ring (bicyclic) bond motifs is 2. The number of benzene rings is 1. The van der Waals surface area contributed by atoms with E-state index in [2.05, 4.69) is 17.2 Å². The SMILES string of the molecule is CC1CCc2sc(NC(=O)c3nc4ccccc4s3)c(C(N)=O)c2C1. The highest BCUT2D eigenvalue weighted by molar-refractivity contribution is 7.20. The van der Waals surface area contributed by atoms with E-state index in [-0.39, 0.29) is 5.91 Å². The van der Waals surface area contributed by atoms with Crippen LogP contribution < -0.4 is 11.1 Å². The Balaban J connectivity index is 1.68. The number of anilines is 1. The topological polar surface area (TPSA) is 85.1 Å². The number of thiophene rings is 1. The van der Waals surface area contributed by atoms with Gasteiger partial charge < -0.3 is 11.1 Å². The Labute approximate surface area is 152 Å². The van der Waals surface area contributed by atoms with Gasteiger partial charge in [-0.2, -0.15) is 0 Å². The Morgan fingerprint density at radius 2 is 2.08 bits per heavy atom. The summed E-state index contributed by atoms with van der Waals surface area (Å²) in [5, 5.41) is 3.81. The predicted octanol–water partition coefficient (Wildman–Crippen LogP) is 3.83. The molecule has 0 fully saturated rings. The van der Waals surface area contributed by atoms with Crippen LogP contribution in [0.25, 0.3) is 10.2 Å². The van der Waals surface area contributed by atoms with Crippen molar-refractivity contribution in [3.63, 3.8) is 0 Å². The standard InChI is InChI=1S/C18H17N3O2S2/c1-9-6-7-12-10(8-9)14(15(19)22)17(24-12)21-16(23)18-20-11-4-2-3-5-13(11)25-18/h2-5,9H,6-8H2,1H3,(H2,19,22)(H,21,23). The van der Waals surface area contributed by atoms with Gasteiger partial charge in [0.2, 0.25) is 0 Å². The molecule has 1 unspecified atom stereocenters. The van der Waals surface area contributed by atoms with Crippen molar-refractivity contribution >= 4 is 49.7 Å². The van der Waals surface area contributed by atoms with Gasteiger partial charge in [-0.05, 0) is 42.9 Å². The van der Waals surface area contributed by atoms with Crippen LogP contribution in [0.15, 0.2) is 24.3 Å². The van der Waals surface area contributed by atoms with Gasteiger partial charge in [-0.3, -0.25) is 9.59 Å². The third kappa shape index (κ3) is 2.94. The van der Waals surface area contributed by atoms with Gasteiger partial charge in [-0.1, -0.05) is 19.1 Å². The van der Waals surface area contributed by atoms with Crippen molar-refractivity contribution in [3.05, 3.63) is 45.3 Å². The van der Waals surface area contributed by atoms with Gasteiger partial charge in [0.1, 0.15) is 5.00 Å². The number of aromatic nitrogens is 1. The van der Waals surface area contributed by atoms with E-state index in [0.29, 0.717) is 21.5 Å². The van der Waals surface area contributed by atoms with E-state index in [4.69, 9.17) is 5.73 Å². The van der Waals surface area contributed by atoms with Crippen LogP contribution in [0.5, 0.6) is 0 Å². The van der Waals surface area contributed by atoms with Gasteiger partial charge in [-0.15, -0.1) is 22.7 Å². The molecule has 4 rings (SSSR count). The molecule has 0 spiro atoms. The summed E-state index contributed by atoms with van der Waals surface area (Å²) in [4.78, 5) is 30.1. The smallest absolute Gasteiger partial charge is 0.285 e. The lowest BCUT2D eigenvalue weighted by Gasteiger charge is -2.18. The zero-order chi connectivity index (χ0) is 17.6. The van der Waals surface area contributed by atoms with Crippen LogP contribution in [0, 0.1) is 5.92 Å². The molecule has 1 atom stereocenters. The molecule has 1 aromatic carbocycles. The van der Waals surface area contributed by atoms with Gasteiger partial charge in [-0.25, -0.2) is 4.98 Å². The second kappa shape index (κ2) is 6.24. The number of para-hydroxylation sites is 1. The Kier molecular flexibility index (Phi) is 4.05. The maximum atomic E-state index is 12.6. The maximum absolute atomic E-state index is 12.6. The van der Waals surface area contributed by atoms with Crippen LogP contribution in [0.2, 0.25) is 0 Å². The number of nitrogens with one attached hydrogen (secondary N) is 1. The van der Waals surface area contributed by atoms with Crippen molar-refractivity contribution in [2.45, 2.75) is 26.2 Å². The number of rotatable bonds is 3. The number of carbonyl (C=O) groups is 2. The van der Waals surface area contributed by atoms with Crippen LogP contribution in [-0.2, 0) is 12.8 Å². The number of nitrogens with zero attached hydrogens (tertiary/aromatic N) is 1. The predicted molar refractivity (Wildman–Crippen MR) is 102 cm³/mol. The minimum Gasteiger partial charge on any atom is -0.365 e. The summed E-state index contributed by atoms with van der Waals surface area (Å²) in [6.45, 7) is 2.17. The number of nitrogens with two attached hydrogens (primary N) is 1. The first-order chi connectivity index (χ1) is 12.0. The van der Waals surface area contributed by atoms with Crippen LogP contribution in [0.4, 0.5) is 5.00 Å². The average molecular weight is 371 g/mol. The summed E-state index contributed by atoms with van der Waals surface area (Å²) >= 11 is 2.81. The minimum absolute atomic E-state index is 0.296. The molecular formula is C18H17N3O2S2. The second-order valence-corrected chi connectivity index (χ2v) is 8.50. The van der Waals surface area contributed by atoms with Gasteiger partial charge in [0.25, 0.3) is 11.8 Å². The fourth-order valence-electron chi connectivity index (χ4n) is 3.23. The van der Waals surface area contributed by atoms with E-state index in [1.54, 1.807) is 0 Å². The van der Waals surface area contributed by atoms with E-state index < -0.39 is 5.91 Å². The van der Waals surface area contributed by atoms with Crippen molar-refractivity contribution in [3.8, 4) is 0 Å². The first-order valence-electron chi connectivity index (χ1n) is 8.14. The zero-order valence-electron chi connectivity index (χ0n) is 13.7. The van der Waals surface area contributed by atoms with Crippen LogP contribution >= 0.6 is 22.7 Å². The molecule has 2 amide bonds. The molecule has 3 aromatic rings. The van der Waals surface area contributed by atoms with Crippen LogP contribution in [0.3, 0.4) is 0 Å². The Bertz CT molecular complexity index is 957. The summed E-state index contributed by atoms with van der Waals surface area (Å²) in [5.41, 5.74) is 7.89. The van der Waals surface area contributed by atoms with Crippen molar-refractivity contribution in [2.75, 3.05) is 5.32 Å². The highest BCUT2D eigenvalue weighted by Crippen LogP contribution is 2.39. The first kappa shape index (κ1) is 16.2. The molecule has 5 nitrogen and oxygen atoms in total. The Morgan fingerprint density at radius 3 is 2.84 bits per heavy atom. The molecule has 0 saturated carbocycles. The maximum Gasteiger partial charge on any atom is 0.285 e. The number of hydrogen-bond acceptors (Lipinski definition) is 5. The van der Waals surface area contributed by atoms with E-state index in [9.17, 15) is 9.59 Å². The quantitative estimate of drug-likeness (QED) is 0.734. The number of primary amides is 1. The highest BCUT2D eigenvalue weighted by atomic mass is 32.1. The highest BCUT2D eigenvalue weighted by Gasteiger charge is 2.28. The molecule has 0 radical (unpaired) electrons. The number of amides is 2. The minimum atomic E-state index is -0.480. The third-order valence-electron chi connectivity index (χ3n) is 4.47. The fourth-order valence-corrected chi connectivity index (χ4v) is 5.34. The molecule has 1 aliphatic rings. The fraction of sp³-hybridized carbons (Fsp3) is 0.278. The van der Waals surface area contributed by atoms with E-state index in [0.717, 1.165) is 39.9 Å². The molecule has 0 aliphatic heterocycles. The molecular weight excluding hydrogens is 354 g/mol. The van der Waals surface area contributed by atoms with Gasteiger partial charge in [0.05, 0.1) is 15.8 Å². The second-order valence-electron chi connectivity index (χ2n) is 6.36. The van der Waals surface area contributed by atoms with Gasteiger partial charge >= 0.3 is 0 Å². The zero-order valence-corrected chi connectivity index (χ0v) is 15.3. The van der Waals surface area contributed by atoms with Crippen molar-refractivity contribution in [1.82, 2.24) is 4.98 Å². The van der Waals surface area contributed by atoms with E-state index in [1.807, 2.05) is 24.3 Å². The molecule has 25 heavy (non-hydrogen) atoms.